The zero-order chi connectivity index (χ0) is 12.8. The van der Waals surface area contributed by atoms with Crippen LogP contribution < -0.4 is 5.32 Å². The molecule has 0 heterocycles. The minimum absolute atomic E-state index is 0.255. The fourth-order valence-electron chi connectivity index (χ4n) is 2.24. The number of hydrogen-bond donors (Lipinski definition) is 1. The summed E-state index contributed by atoms with van der Waals surface area (Å²) in [4.78, 5) is 0. The molecule has 0 unspecified atom stereocenters. The molecular formula is C15H33N. The lowest BCUT2D eigenvalue weighted by molar-refractivity contribution is 0.229. The van der Waals surface area contributed by atoms with Crippen LogP contribution in [-0.4, -0.2) is 12.1 Å². The third-order valence-electron chi connectivity index (χ3n) is 3.45. The molecule has 0 aromatic heterocycles. The molecule has 98 valence electrons. The zero-order valence-corrected chi connectivity index (χ0v) is 12.6. The average molecular weight is 227 g/mol. The molecule has 0 aliphatic heterocycles. The Balaban J connectivity index is 3.95. The van der Waals surface area contributed by atoms with E-state index in [1.807, 2.05) is 0 Å². The Bertz CT molecular complexity index is 172. The maximum atomic E-state index is 3.59. The minimum Gasteiger partial charge on any atom is -0.312 e. The molecule has 0 aromatic rings. The van der Waals surface area contributed by atoms with Crippen molar-refractivity contribution in [1.82, 2.24) is 5.32 Å². The second-order valence-corrected chi connectivity index (χ2v) is 6.98. The molecule has 0 amide bonds. The predicted octanol–water partition coefficient (Wildman–Crippen LogP) is 4.62. The lowest BCUT2D eigenvalue weighted by Gasteiger charge is -2.31. The van der Waals surface area contributed by atoms with Gasteiger partial charge in [0.05, 0.1) is 0 Å². The van der Waals surface area contributed by atoms with E-state index < -0.39 is 0 Å². The molecule has 1 N–H and O–H groups in total. The summed E-state index contributed by atoms with van der Waals surface area (Å²) in [7, 11) is 0. The van der Waals surface area contributed by atoms with Gasteiger partial charge in [0.15, 0.2) is 0 Å². The summed E-state index contributed by atoms with van der Waals surface area (Å²) in [6.07, 6.45) is 5.30. The Morgan fingerprint density at radius 3 is 1.81 bits per heavy atom. The van der Waals surface area contributed by atoms with Crippen LogP contribution in [0.1, 0.15) is 74.1 Å². The average Bonchev–Trinajstić information content (AvgIpc) is 2.11. The first-order valence-corrected chi connectivity index (χ1v) is 6.95. The summed E-state index contributed by atoms with van der Waals surface area (Å²) < 4.78 is 0. The molecule has 0 atom stereocenters. The van der Waals surface area contributed by atoms with E-state index in [4.69, 9.17) is 0 Å². The Labute approximate surface area is 103 Å². The first-order valence-electron chi connectivity index (χ1n) is 6.95. The third-order valence-corrected chi connectivity index (χ3v) is 3.45. The van der Waals surface area contributed by atoms with Crippen molar-refractivity contribution in [2.75, 3.05) is 6.54 Å². The van der Waals surface area contributed by atoms with Gasteiger partial charge in [-0.1, -0.05) is 40.5 Å². The standard InChI is InChI=1S/C15H33N/c1-8-13(9-2)12-15(6,7)10-11-16-14(3,4)5/h13,16H,8-12H2,1-7H3. The molecule has 1 nitrogen and oxygen atoms in total. The lowest BCUT2D eigenvalue weighted by atomic mass is 9.78. The highest BCUT2D eigenvalue weighted by Crippen LogP contribution is 2.31. The molecule has 0 fully saturated rings. The molecule has 0 spiro atoms. The Morgan fingerprint density at radius 2 is 1.44 bits per heavy atom. The van der Waals surface area contributed by atoms with Gasteiger partial charge in [-0.3, -0.25) is 0 Å². The zero-order valence-electron chi connectivity index (χ0n) is 12.6. The number of nitrogens with one attached hydrogen (secondary N) is 1. The van der Waals surface area contributed by atoms with Crippen molar-refractivity contribution in [3.05, 3.63) is 0 Å². The van der Waals surface area contributed by atoms with Gasteiger partial charge in [0.2, 0.25) is 0 Å². The van der Waals surface area contributed by atoms with Crippen LogP contribution >= 0.6 is 0 Å². The SMILES string of the molecule is CCC(CC)CC(C)(C)CCNC(C)(C)C. The van der Waals surface area contributed by atoms with Gasteiger partial charge in [0.1, 0.15) is 0 Å². The number of rotatable bonds is 7. The van der Waals surface area contributed by atoms with Crippen LogP contribution in [0.15, 0.2) is 0 Å². The van der Waals surface area contributed by atoms with Crippen LogP contribution in [-0.2, 0) is 0 Å². The fraction of sp³-hybridized carbons (Fsp3) is 1.00. The normalized spacial score (nSPS) is 13.5. The summed E-state index contributed by atoms with van der Waals surface area (Å²) in [6.45, 7) is 17.3. The highest BCUT2D eigenvalue weighted by Gasteiger charge is 2.22. The molecule has 1 heteroatoms. The monoisotopic (exact) mass is 227 g/mol. The molecule has 0 aliphatic carbocycles. The second-order valence-electron chi connectivity index (χ2n) is 6.98. The van der Waals surface area contributed by atoms with Crippen LogP contribution in [0.25, 0.3) is 0 Å². The molecule has 0 saturated carbocycles. The highest BCUT2D eigenvalue weighted by molar-refractivity contribution is 4.77. The van der Waals surface area contributed by atoms with E-state index in [9.17, 15) is 0 Å². The first kappa shape index (κ1) is 16.0. The smallest absolute Gasteiger partial charge is 0.00965 e. The maximum Gasteiger partial charge on any atom is 0.00965 e. The van der Waals surface area contributed by atoms with Gasteiger partial charge in [0.25, 0.3) is 0 Å². The highest BCUT2D eigenvalue weighted by atomic mass is 14.9. The van der Waals surface area contributed by atoms with E-state index in [0.717, 1.165) is 12.5 Å². The Kier molecular flexibility index (Phi) is 6.62. The maximum absolute atomic E-state index is 3.59. The van der Waals surface area contributed by atoms with Crippen LogP contribution in [0.4, 0.5) is 0 Å². The van der Waals surface area contributed by atoms with Crippen molar-refractivity contribution in [2.24, 2.45) is 11.3 Å². The fourth-order valence-corrected chi connectivity index (χ4v) is 2.24. The molecular weight excluding hydrogens is 194 g/mol. The van der Waals surface area contributed by atoms with E-state index in [0.29, 0.717) is 5.41 Å². The van der Waals surface area contributed by atoms with Gasteiger partial charge in [-0.25, -0.2) is 0 Å². The minimum atomic E-state index is 0.255. The van der Waals surface area contributed by atoms with E-state index in [1.165, 1.54) is 25.7 Å². The largest absolute Gasteiger partial charge is 0.312 e. The van der Waals surface area contributed by atoms with Gasteiger partial charge in [0, 0.05) is 5.54 Å². The Morgan fingerprint density at radius 1 is 0.938 bits per heavy atom. The Hall–Kier alpha value is -0.0400. The van der Waals surface area contributed by atoms with Crippen LogP contribution in [0, 0.1) is 11.3 Å². The van der Waals surface area contributed by atoms with Crippen molar-refractivity contribution in [3.8, 4) is 0 Å². The second kappa shape index (κ2) is 6.64. The molecule has 0 radical (unpaired) electrons. The van der Waals surface area contributed by atoms with Gasteiger partial charge >= 0.3 is 0 Å². The predicted molar refractivity (Wildman–Crippen MR) is 74.8 cm³/mol. The molecule has 0 saturated heterocycles. The van der Waals surface area contributed by atoms with Crippen molar-refractivity contribution in [2.45, 2.75) is 79.7 Å². The molecule has 0 bridgehead atoms. The summed E-state index contributed by atoms with van der Waals surface area (Å²) in [6, 6.07) is 0. The van der Waals surface area contributed by atoms with Gasteiger partial charge in [-0.15, -0.1) is 0 Å². The van der Waals surface area contributed by atoms with E-state index in [-0.39, 0.29) is 5.54 Å². The van der Waals surface area contributed by atoms with Crippen LogP contribution in [0.5, 0.6) is 0 Å². The summed E-state index contributed by atoms with van der Waals surface area (Å²) >= 11 is 0. The van der Waals surface area contributed by atoms with Gasteiger partial charge < -0.3 is 5.32 Å². The van der Waals surface area contributed by atoms with Crippen LogP contribution in [0.3, 0.4) is 0 Å². The third kappa shape index (κ3) is 8.15. The van der Waals surface area contributed by atoms with E-state index in [1.54, 1.807) is 0 Å². The van der Waals surface area contributed by atoms with Crippen molar-refractivity contribution >= 4 is 0 Å². The summed E-state index contributed by atoms with van der Waals surface area (Å²) in [5.74, 6) is 0.907. The van der Waals surface area contributed by atoms with Gasteiger partial charge in [-0.05, 0) is 51.5 Å². The van der Waals surface area contributed by atoms with E-state index >= 15 is 0 Å². The first-order chi connectivity index (χ1) is 7.20. The van der Waals surface area contributed by atoms with Crippen LogP contribution in [0.2, 0.25) is 0 Å². The van der Waals surface area contributed by atoms with Crippen molar-refractivity contribution in [1.29, 1.82) is 0 Å². The summed E-state index contributed by atoms with van der Waals surface area (Å²) in [5.41, 5.74) is 0.736. The molecule has 0 aromatic carbocycles. The molecule has 16 heavy (non-hydrogen) atoms. The van der Waals surface area contributed by atoms with Crippen molar-refractivity contribution < 1.29 is 0 Å². The number of hydrogen-bond acceptors (Lipinski definition) is 1. The topological polar surface area (TPSA) is 12.0 Å². The lowest BCUT2D eigenvalue weighted by Crippen LogP contribution is -2.38. The molecule has 0 aliphatic rings. The molecule has 0 rings (SSSR count). The summed E-state index contributed by atoms with van der Waals surface area (Å²) in [5, 5.41) is 3.59. The van der Waals surface area contributed by atoms with Gasteiger partial charge in [-0.2, -0.15) is 0 Å². The quantitative estimate of drug-likeness (QED) is 0.669. The van der Waals surface area contributed by atoms with E-state index in [2.05, 4.69) is 53.8 Å². The van der Waals surface area contributed by atoms with Crippen molar-refractivity contribution in [3.63, 3.8) is 0 Å².